The number of carbonyl (C=O) groups is 1. The number of likely N-dealkylation sites (tertiary alicyclic amines) is 1. The van der Waals surface area contributed by atoms with Crippen LogP contribution in [-0.2, 0) is 0 Å². The Balaban J connectivity index is 1.99. The third-order valence-electron chi connectivity index (χ3n) is 4.39. The zero-order chi connectivity index (χ0) is 13.4. The van der Waals surface area contributed by atoms with Crippen LogP contribution in [0.3, 0.4) is 0 Å². The van der Waals surface area contributed by atoms with Crippen molar-refractivity contribution < 1.29 is 9.69 Å². The monoisotopic (exact) mass is 257 g/mol. The van der Waals surface area contributed by atoms with E-state index in [1.165, 1.54) is 17.7 Å². The van der Waals surface area contributed by atoms with E-state index in [9.17, 15) is 4.79 Å². The van der Waals surface area contributed by atoms with Gasteiger partial charge in [-0.25, -0.2) is 0 Å². The second kappa shape index (κ2) is 4.82. The number of hydrogen-bond acceptors (Lipinski definition) is 1. The van der Waals surface area contributed by atoms with Crippen LogP contribution < -0.4 is 4.90 Å². The number of aryl methyl sites for hydroxylation is 1. The molecule has 3 nitrogen and oxygen atoms in total. The molecule has 0 unspecified atom stereocenters. The number of fused-ring (bicyclic) bond motifs is 1. The Labute approximate surface area is 113 Å². The lowest BCUT2D eigenvalue weighted by atomic mass is 10.0. The number of nitrogens with one attached hydrogen (secondary N) is 2. The van der Waals surface area contributed by atoms with Crippen molar-refractivity contribution >= 4 is 16.7 Å². The Hall–Kier alpha value is -1.61. The lowest BCUT2D eigenvalue weighted by molar-refractivity contribution is -0.901. The second-order valence-corrected chi connectivity index (χ2v) is 5.62. The van der Waals surface area contributed by atoms with E-state index in [-0.39, 0.29) is 11.8 Å². The number of benzene rings is 1. The smallest absolute Gasteiger partial charge is 0.222 e. The molecule has 1 atom stereocenters. The number of aromatic amines is 1. The van der Waals surface area contributed by atoms with E-state index >= 15 is 0 Å². The molecule has 1 aromatic heterocycles. The first-order chi connectivity index (χ1) is 9.18. The van der Waals surface area contributed by atoms with Gasteiger partial charge < -0.3 is 9.88 Å². The fraction of sp³-hybridized carbons (Fsp3) is 0.438. The van der Waals surface area contributed by atoms with Crippen molar-refractivity contribution in [1.29, 1.82) is 0 Å². The van der Waals surface area contributed by atoms with E-state index in [4.69, 9.17) is 0 Å². The fourth-order valence-corrected chi connectivity index (χ4v) is 3.26. The molecule has 19 heavy (non-hydrogen) atoms. The van der Waals surface area contributed by atoms with Gasteiger partial charge in [-0.05, 0) is 19.9 Å². The molecule has 0 spiro atoms. The Bertz CT molecular complexity index is 608. The summed E-state index contributed by atoms with van der Waals surface area (Å²) in [4.78, 5) is 17.5. The average Bonchev–Trinajstić information content (AvgIpc) is 3.03. The second-order valence-electron chi connectivity index (χ2n) is 5.62. The van der Waals surface area contributed by atoms with Crippen LogP contribution in [0.2, 0.25) is 0 Å². The number of hydrogen-bond donors (Lipinski definition) is 2. The van der Waals surface area contributed by atoms with Crippen molar-refractivity contribution in [2.75, 3.05) is 13.1 Å². The number of rotatable bonds is 3. The highest BCUT2D eigenvalue weighted by Crippen LogP contribution is 2.22. The topological polar surface area (TPSA) is 37.3 Å². The van der Waals surface area contributed by atoms with E-state index < -0.39 is 0 Å². The molecule has 1 aliphatic heterocycles. The maximum atomic E-state index is 12.8. The first-order valence-electron chi connectivity index (χ1n) is 7.14. The van der Waals surface area contributed by atoms with Crippen molar-refractivity contribution in [3.8, 4) is 0 Å². The highest BCUT2D eigenvalue weighted by molar-refractivity contribution is 6.10. The largest absolute Gasteiger partial charge is 0.358 e. The predicted molar refractivity (Wildman–Crippen MR) is 76.8 cm³/mol. The number of aromatic nitrogens is 1. The number of carbonyl (C=O) groups excluding carboxylic acids is 1. The molecule has 3 rings (SSSR count). The molecule has 0 saturated carbocycles. The van der Waals surface area contributed by atoms with Gasteiger partial charge in [0.05, 0.1) is 18.7 Å². The minimum atomic E-state index is 0.0698. The normalized spacial score (nSPS) is 18.0. The number of Topliss-reactive ketones (excluding diaryl/α,β-unsaturated/α-hetero) is 1. The highest BCUT2D eigenvalue weighted by Gasteiger charge is 2.30. The number of para-hydroxylation sites is 1. The van der Waals surface area contributed by atoms with Crippen molar-refractivity contribution in [1.82, 2.24) is 4.98 Å². The zero-order valence-corrected chi connectivity index (χ0v) is 11.6. The Morgan fingerprint density at radius 3 is 2.68 bits per heavy atom. The average molecular weight is 257 g/mol. The van der Waals surface area contributed by atoms with Crippen molar-refractivity contribution in [2.45, 2.75) is 32.7 Å². The molecule has 2 N–H and O–H groups in total. The molecule has 100 valence electrons. The molecule has 0 amide bonds. The highest BCUT2D eigenvalue weighted by atomic mass is 16.1. The van der Waals surface area contributed by atoms with Gasteiger partial charge in [-0.1, -0.05) is 18.2 Å². The van der Waals surface area contributed by atoms with Gasteiger partial charge in [0.2, 0.25) is 5.78 Å². The van der Waals surface area contributed by atoms with Crippen LogP contribution in [0, 0.1) is 6.92 Å². The summed E-state index contributed by atoms with van der Waals surface area (Å²) in [5.74, 6) is 0.284. The van der Waals surface area contributed by atoms with Crippen molar-refractivity contribution in [2.24, 2.45) is 0 Å². The summed E-state index contributed by atoms with van der Waals surface area (Å²) in [6, 6.07) is 8.15. The minimum absolute atomic E-state index is 0.0698. The summed E-state index contributed by atoms with van der Waals surface area (Å²) in [7, 11) is 0. The third kappa shape index (κ3) is 2.08. The predicted octanol–water partition coefficient (Wildman–Crippen LogP) is 1.73. The van der Waals surface area contributed by atoms with Gasteiger partial charge in [0.15, 0.2) is 0 Å². The first kappa shape index (κ1) is 12.4. The Morgan fingerprint density at radius 1 is 1.26 bits per heavy atom. The summed E-state index contributed by atoms with van der Waals surface area (Å²) in [6.07, 6.45) is 2.50. The van der Waals surface area contributed by atoms with E-state index in [0.717, 1.165) is 35.2 Å². The Morgan fingerprint density at radius 2 is 1.95 bits per heavy atom. The van der Waals surface area contributed by atoms with Crippen LogP contribution in [-0.4, -0.2) is 29.9 Å². The quantitative estimate of drug-likeness (QED) is 0.807. The zero-order valence-electron chi connectivity index (χ0n) is 11.6. The van der Waals surface area contributed by atoms with E-state index in [0.29, 0.717) is 0 Å². The molecule has 0 aliphatic carbocycles. The summed E-state index contributed by atoms with van der Waals surface area (Å²) in [6.45, 7) is 6.34. The molecule has 2 aromatic rings. The summed E-state index contributed by atoms with van der Waals surface area (Å²) in [5.41, 5.74) is 2.95. The lowest BCUT2D eigenvalue weighted by Gasteiger charge is -2.19. The molecule has 1 fully saturated rings. The number of ketones is 1. The number of H-pyrrole nitrogens is 1. The SMILES string of the molecule is Cc1[nH]c2ccccc2c1C(=O)[C@@H](C)[NH+]1CCCC1. The third-order valence-corrected chi connectivity index (χ3v) is 4.39. The molecule has 1 aliphatic rings. The van der Waals surface area contributed by atoms with Gasteiger partial charge in [-0.2, -0.15) is 0 Å². The minimum Gasteiger partial charge on any atom is -0.358 e. The lowest BCUT2D eigenvalue weighted by Crippen LogP contribution is -3.14. The molecule has 0 radical (unpaired) electrons. The summed E-state index contributed by atoms with van der Waals surface area (Å²) < 4.78 is 0. The van der Waals surface area contributed by atoms with Gasteiger partial charge in [0.1, 0.15) is 6.04 Å². The van der Waals surface area contributed by atoms with Gasteiger partial charge in [0, 0.05) is 29.4 Å². The maximum absolute atomic E-state index is 12.8. The van der Waals surface area contributed by atoms with Gasteiger partial charge in [0.25, 0.3) is 0 Å². The summed E-state index contributed by atoms with van der Waals surface area (Å²) >= 11 is 0. The summed E-state index contributed by atoms with van der Waals surface area (Å²) in [5, 5.41) is 1.07. The van der Waals surface area contributed by atoms with Crippen LogP contribution in [0.4, 0.5) is 0 Å². The first-order valence-corrected chi connectivity index (χ1v) is 7.14. The van der Waals surface area contributed by atoms with Crippen LogP contribution in [0.15, 0.2) is 24.3 Å². The van der Waals surface area contributed by atoms with Crippen LogP contribution >= 0.6 is 0 Å². The number of quaternary nitrogens is 1. The fourth-order valence-electron chi connectivity index (χ4n) is 3.26. The molecule has 1 saturated heterocycles. The van der Waals surface area contributed by atoms with E-state index in [1.54, 1.807) is 0 Å². The van der Waals surface area contributed by atoms with E-state index in [1.807, 2.05) is 31.2 Å². The van der Waals surface area contributed by atoms with Gasteiger partial charge >= 0.3 is 0 Å². The standard InChI is InChI=1S/C16H20N2O/c1-11-15(13-7-3-4-8-14(13)17-11)16(19)12(2)18-9-5-6-10-18/h3-4,7-8,12,17H,5-6,9-10H2,1-2H3/p+1/t12-/m1/s1. The Kier molecular flexibility index (Phi) is 3.15. The van der Waals surface area contributed by atoms with Gasteiger partial charge in [-0.15, -0.1) is 0 Å². The molecule has 1 aromatic carbocycles. The molecule has 2 heterocycles. The van der Waals surface area contributed by atoms with Crippen LogP contribution in [0.1, 0.15) is 35.8 Å². The molecule has 0 bridgehead atoms. The van der Waals surface area contributed by atoms with Crippen LogP contribution in [0.25, 0.3) is 10.9 Å². The molecule has 3 heteroatoms. The molecular weight excluding hydrogens is 236 g/mol. The van der Waals surface area contributed by atoms with Crippen molar-refractivity contribution in [3.63, 3.8) is 0 Å². The molecular formula is C16H21N2O+. The van der Waals surface area contributed by atoms with Gasteiger partial charge in [-0.3, -0.25) is 4.79 Å². The van der Waals surface area contributed by atoms with Crippen molar-refractivity contribution in [3.05, 3.63) is 35.5 Å². The van der Waals surface area contributed by atoms with Crippen LogP contribution in [0.5, 0.6) is 0 Å². The van der Waals surface area contributed by atoms with E-state index in [2.05, 4.69) is 11.9 Å². The maximum Gasteiger partial charge on any atom is 0.222 e.